The lowest BCUT2D eigenvalue weighted by Crippen LogP contribution is -2.62. The van der Waals surface area contributed by atoms with Crippen molar-refractivity contribution in [3.05, 3.63) is 57.3 Å². The largest absolute Gasteiger partial charge is 0.345 e. The monoisotopic (exact) mass is 403 g/mol. The summed E-state index contributed by atoms with van der Waals surface area (Å²) in [6.45, 7) is 1.90. The molecule has 2 atom stereocenters. The van der Waals surface area contributed by atoms with Crippen molar-refractivity contribution in [1.82, 2.24) is 10.2 Å². The van der Waals surface area contributed by atoms with Crippen LogP contribution in [-0.2, 0) is 15.7 Å². The normalized spacial score (nSPS) is 25.5. The fourth-order valence-corrected chi connectivity index (χ4v) is 5.24. The zero-order chi connectivity index (χ0) is 20.8. The first-order chi connectivity index (χ1) is 13.8. The number of carbonyl (C=O) groups excluding carboxylic acids is 1. The van der Waals surface area contributed by atoms with E-state index in [4.69, 9.17) is 5.41 Å². The number of amides is 1. The van der Waals surface area contributed by atoms with Gasteiger partial charge in [0.1, 0.15) is 10.9 Å². The van der Waals surface area contributed by atoms with Gasteiger partial charge < -0.3 is 5.32 Å². The van der Waals surface area contributed by atoms with Crippen molar-refractivity contribution in [1.29, 1.82) is 15.9 Å². The van der Waals surface area contributed by atoms with Crippen LogP contribution in [0.25, 0.3) is 0 Å². The average molecular weight is 404 g/mol. The smallest absolute Gasteiger partial charge is 0.239 e. The Hall–Kier alpha value is -3.16. The van der Waals surface area contributed by atoms with Crippen molar-refractivity contribution in [2.24, 2.45) is 0 Å². The van der Waals surface area contributed by atoms with Gasteiger partial charge in [-0.1, -0.05) is 24.3 Å². The van der Waals surface area contributed by atoms with Crippen molar-refractivity contribution in [2.45, 2.75) is 43.1 Å². The van der Waals surface area contributed by atoms with Gasteiger partial charge in [0, 0.05) is 11.9 Å². The van der Waals surface area contributed by atoms with Crippen LogP contribution in [-0.4, -0.2) is 23.8 Å². The van der Waals surface area contributed by atoms with E-state index in [-0.39, 0.29) is 11.9 Å². The van der Waals surface area contributed by atoms with Crippen molar-refractivity contribution in [3.63, 3.8) is 0 Å². The Morgan fingerprint density at radius 2 is 1.90 bits per heavy atom. The van der Waals surface area contributed by atoms with Gasteiger partial charge in [-0.3, -0.25) is 15.1 Å². The van der Waals surface area contributed by atoms with Gasteiger partial charge >= 0.3 is 0 Å². The van der Waals surface area contributed by atoms with E-state index in [1.165, 1.54) is 16.2 Å². The highest BCUT2D eigenvalue weighted by atomic mass is 32.1. The second-order valence-electron chi connectivity index (χ2n) is 7.95. The molecule has 2 aromatic rings. The van der Waals surface area contributed by atoms with Gasteiger partial charge in [-0.25, -0.2) is 0 Å². The molecule has 2 aliphatic rings. The first-order valence-electron chi connectivity index (χ1n) is 9.51. The minimum absolute atomic E-state index is 0.0372. The molecule has 6 nitrogen and oxygen atoms in total. The standard InChI is InChI=1S/C22H21N5OS/c1-21(17-9-8-16(12-23)29-17)18(19(28)27(2)20(25)26-21)14-4-6-15(7-5-14)22(13-24)10-3-11-22/h4-9,18H,3,10-11H2,1-2H3,(H2,25,26)/t18-,21+/m0/s1. The lowest BCUT2D eigenvalue weighted by molar-refractivity contribution is -0.131. The Labute approximate surface area is 173 Å². The number of nitrogens with one attached hydrogen (secondary N) is 2. The Morgan fingerprint density at radius 1 is 1.21 bits per heavy atom. The zero-order valence-corrected chi connectivity index (χ0v) is 17.1. The first-order valence-corrected chi connectivity index (χ1v) is 10.3. The highest BCUT2D eigenvalue weighted by Crippen LogP contribution is 2.46. The molecule has 29 heavy (non-hydrogen) atoms. The van der Waals surface area contributed by atoms with Crippen molar-refractivity contribution in [3.8, 4) is 12.1 Å². The fourth-order valence-electron chi connectivity index (χ4n) is 4.30. The minimum atomic E-state index is -0.842. The molecule has 0 radical (unpaired) electrons. The van der Waals surface area contributed by atoms with Gasteiger partial charge in [-0.2, -0.15) is 10.5 Å². The zero-order valence-electron chi connectivity index (χ0n) is 16.3. The van der Waals surface area contributed by atoms with Gasteiger partial charge in [-0.15, -0.1) is 11.3 Å². The molecule has 0 unspecified atom stereocenters. The summed E-state index contributed by atoms with van der Waals surface area (Å²) in [5.74, 6) is -0.690. The number of nitriles is 2. The summed E-state index contributed by atoms with van der Waals surface area (Å²) in [4.78, 5) is 16.0. The number of guanidine groups is 1. The third kappa shape index (κ3) is 2.82. The second-order valence-corrected chi connectivity index (χ2v) is 9.04. The Kier molecular flexibility index (Phi) is 4.44. The molecule has 1 aliphatic carbocycles. The van der Waals surface area contributed by atoms with Crippen LogP contribution in [0.4, 0.5) is 0 Å². The van der Waals surface area contributed by atoms with E-state index in [1.54, 1.807) is 13.1 Å². The Bertz CT molecular complexity index is 1070. The van der Waals surface area contributed by atoms with Gasteiger partial charge in [0.15, 0.2) is 5.96 Å². The van der Waals surface area contributed by atoms with Crippen LogP contribution in [0.1, 0.15) is 53.0 Å². The topological polar surface area (TPSA) is 104 Å². The third-order valence-electron chi connectivity index (χ3n) is 6.31. The molecule has 2 fully saturated rings. The first kappa shape index (κ1) is 19.2. The summed E-state index contributed by atoms with van der Waals surface area (Å²) in [6.07, 6.45) is 2.80. The predicted octanol–water partition coefficient (Wildman–Crippen LogP) is 3.56. The number of rotatable bonds is 3. The number of thiophene rings is 1. The van der Waals surface area contributed by atoms with E-state index in [0.717, 1.165) is 35.3 Å². The minimum Gasteiger partial charge on any atom is -0.345 e. The molecule has 1 amide bonds. The van der Waals surface area contributed by atoms with Crippen LogP contribution in [0.15, 0.2) is 36.4 Å². The molecule has 2 heterocycles. The number of likely N-dealkylation sites (N-methyl/N-ethyl adjacent to an activating group) is 1. The highest BCUT2D eigenvalue weighted by molar-refractivity contribution is 7.12. The van der Waals surface area contributed by atoms with Crippen LogP contribution in [0.2, 0.25) is 0 Å². The summed E-state index contributed by atoms with van der Waals surface area (Å²) in [6, 6.07) is 16.0. The third-order valence-corrected chi connectivity index (χ3v) is 7.54. The highest BCUT2D eigenvalue weighted by Gasteiger charge is 2.49. The van der Waals surface area contributed by atoms with E-state index in [9.17, 15) is 15.3 Å². The number of carbonyl (C=O) groups is 1. The molecular weight excluding hydrogens is 382 g/mol. The predicted molar refractivity (Wildman–Crippen MR) is 110 cm³/mol. The molecule has 1 aliphatic heterocycles. The van der Waals surface area contributed by atoms with Crippen LogP contribution < -0.4 is 5.32 Å². The Morgan fingerprint density at radius 3 is 2.41 bits per heavy atom. The van der Waals surface area contributed by atoms with E-state index >= 15 is 0 Å². The molecule has 1 saturated heterocycles. The maximum atomic E-state index is 13.2. The van der Waals surface area contributed by atoms with E-state index < -0.39 is 16.9 Å². The summed E-state index contributed by atoms with van der Waals surface area (Å²) in [5, 5.41) is 30.2. The van der Waals surface area contributed by atoms with E-state index in [2.05, 4.69) is 17.5 Å². The molecule has 4 rings (SSSR count). The maximum Gasteiger partial charge on any atom is 0.239 e. The van der Waals surface area contributed by atoms with Crippen LogP contribution in [0, 0.1) is 28.1 Å². The Balaban J connectivity index is 1.78. The quantitative estimate of drug-likeness (QED) is 0.817. The second kappa shape index (κ2) is 6.72. The van der Waals surface area contributed by atoms with E-state index in [0.29, 0.717) is 4.88 Å². The molecule has 1 saturated carbocycles. The van der Waals surface area contributed by atoms with Crippen molar-refractivity contribution >= 4 is 23.2 Å². The molecule has 0 spiro atoms. The summed E-state index contributed by atoms with van der Waals surface area (Å²) >= 11 is 1.33. The van der Waals surface area contributed by atoms with Gasteiger partial charge in [-0.05, 0) is 49.4 Å². The molecular formula is C22H21N5OS. The molecule has 2 N–H and O–H groups in total. The molecule has 1 aromatic heterocycles. The molecule has 146 valence electrons. The number of hydrogen-bond donors (Lipinski definition) is 2. The van der Waals surface area contributed by atoms with Crippen LogP contribution in [0.3, 0.4) is 0 Å². The molecule has 1 aromatic carbocycles. The lowest BCUT2D eigenvalue weighted by atomic mass is 9.65. The summed E-state index contributed by atoms with van der Waals surface area (Å²) in [7, 11) is 1.59. The SMILES string of the molecule is CN1C(=N)N[C@](C)(c2ccc(C#N)s2)[C@@H](c2ccc(C3(C#N)CCC3)cc2)C1=O. The van der Waals surface area contributed by atoms with E-state index in [1.807, 2.05) is 37.3 Å². The van der Waals surface area contributed by atoms with Crippen LogP contribution >= 0.6 is 11.3 Å². The number of benzene rings is 1. The maximum absolute atomic E-state index is 13.2. The summed E-state index contributed by atoms with van der Waals surface area (Å²) in [5.41, 5.74) is 0.584. The lowest BCUT2D eigenvalue weighted by Gasteiger charge is -2.45. The molecule has 0 bridgehead atoms. The van der Waals surface area contributed by atoms with Gasteiger partial charge in [0.25, 0.3) is 0 Å². The summed E-state index contributed by atoms with van der Waals surface area (Å²) < 4.78 is 0. The van der Waals surface area contributed by atoms with Gasteiger partial charge in [0.2, 0.25) is 5.91 Å². The van der Waals surface area contributed by atoms with Gasteiger partial charge in [0.05, 0.1) is 22.9 Å². The van der Waals surface area contributed by atoms with Crippen LogP contribution in [0.5, 0.6) is 0 Å². The number of hydrogen-bond acceptors (Lipinski definition) is 5. The van der Waals surface area contributed by atoms with Crippen molar-refractivity contribution < 1.29 is 4.79 Å². The fraction of sp³-hybridized carbons (Fsp3) is 0.364. The van der Waals surface area contributed by atoms with Crippen molar-refractivity contribution in [2.75, 3.05) is 7.05 Å². The average Bonchev–Trinajstić information content (AvgIpc) is 3.17. The number of nitrogens with zero attached hydrogens (tertiary/aromatic N) is 3. The molecule has 7 heteroatoms.